The first-order valence-electron chi connectivity index (χ1n) is 8.79. The third kappa shape index (κ3) is 3.80. The molecule has 27 heavy (non-hydrogen) atoms. The van der Waals surface area contributed by atoms with E-state index in [1.165, 1.54) is 0 Å². The minimum absolute atomic E-state index is 0.201. The van der Waals surface area contributed by atoms with E-state index < -0.39 is 0 Å². The van der Waals surface area contributed by atoms with Gasteiger partial charge in [0.25, 0.3) is 5.91 Å². The fraction of sp³-hybridized carbons (Fsp3) is 0.263. The molecule has 2 N–H and O–H groups in total. The monoisotopic (exact) mass is 364 g/mol. The summed E-state index contributed by atoms with van der Waals surface area (Å²) in [5.74, 6) is 1.82. The van der Waals surface area contributed by atoms with Gasteiger partial charge in [0.15, 0.2) is 5.82 Å². The first kappa shape index (κ1) is 17.2. The number of aryl methyl sites for hydroxylation is 1. The van der Waals surface area contributed by atoms with Crippen molar-refractivity contribution >= 4 is 17.4 Å². The molecule has 3 aromatic rings. The van der Waals surface area contributed by atoms with Gasteiger partial charge in [0.05, 0.1) is 18.8 Å². The van der Waals surface area contributed by atoms with Crippen LogP contribution < -0.4 is 10.2 Å². The van der Waals surface area contributed by atoms with E-state index in [1.807, 2.05) is 31.2 Å². The van der Waals surface area contributed by atoms with Crippen molar-refractivity contribution in [2.45, 2.75) is 6.92 Å². The van der Waals surface area contributed by atoms with Gasteiger partial charge < -0.3 is 15.0 Å². The van der Waals surface area contributed by atoms with Gasteiger partial charge in [-0.2, -0.15) is 5.10 Å². The summed E-state index contributed by atoms with van der Waals surface area (Å²) >= 11 is 0. The zero-order valence-corrected chi connectivity index (χ0v) is 15.0. The molecule has 3 heterocycles. The van der Waals surface area contributed by atoms with E-state index in [2.05, 4.69) is 30.4 Å². The van der Waals surface area contributed by atoms with Gasteiger partial charge in [-0.05, 0) is 31.2 Å². The molecule has 1 amide bonds. The zero-order valence-electron chi connectivity index (χ0n) is 15.0. The molecule has 1 saturated heterocycles. The van der Waals surface area contributed by atoms with E-state index in [0.29, 0.717) is 36.1 Å². The van der Waals surface area contributed by atoms with Crippen molar-refractivity contribution in [3.8, 4) is 11.4 Å². The largest absolute Gasteiger partial charge is 0.378 e. The predicted octanol–water partition coefficient (Wildman–Crippen LogP) is 2.26. The number of anilines is 2. The van der Waals surface area contributed by atoms with Crippen LogP contribution in [0.25, 0.3) is 11.4 Å². The number of benzene rings is 1. The lowest BCUT2D eigenvalue weighted by Gasteiger charge is -2.29. The number of rotatable bonds is 4. The van der Waals surface area contributed by atoms with Crippen molar-refractivity contribution in [1.82, 2.24) is 20.2 Å². The normalized spacial score (nSPS) is 14.2. The molecular weight excluding hydrogens is 344 g/mol. The molecule has 138 valence electrons. The third-order valence-electron chi connectivity index (χ3n) is 4.32. The lowest BCUT2D eigenvalue weighted by Crippen LogP contribution is -2.38. The summed E-state index contributed by atoms with van der Waals surface area (Å²) in [5, 5.41) is 9.94. The van der Waals surface area contributed by atoms with Crippen molar-refractivity contribution in [3.05, 3.63) is 54.0 Å². The Bertz CT molecular complexity index is 949. The van der Waals surface area contributed by atoms with Crippen molar-refractivity contribution in [3.63, 3.8) is 0 Å². The molecule has 1 aromatic carbocycles. The van der Waals surface area contributed by atoms with Gasteiger partial charge in [-0.15, -0.1) is 0 Å². The highest BCUT2D eigenvalue weighted by Gasteiger charge is 2.20. The number of ether oxygens (including phenoxy) is 1. The fourth-order valence-corrected chi connectivity index (χ4v) is 3.01. The second-order valence-corrected chi connectivity index (χ2v) is 6.25. The molecule has 8 heteroatoms. The summed E-state index contributed by atoms with van der Waals surface area (Å²) in [4.78, 5) is 23.7. The van der Waals surface area contributed by atoms with Crippen LogP contribution in [-0.4, -0.2) is 52.4 Å². The van der Waals surface area contributed by atoms with Gasteiger partial charge in [0, 0.05) is 30.5 Å². The highest BCUT2D eigenvalue weighted by molar-refractivity contribution is 6.07. The zero-order chi connectivity index (χ0) is 18.6. The van der Waals surface area contributed by atoms with E-state index >= 15 is 0 Å². The lowest BCUT2D eigenvalue weighted by atomic mass is 10.1. The summed E-state index contributed by atoms with van der Waals surface area (Å²) in [6, 6.07) is 11.0. The van der Waals surface area contributed by atoms with E-state index in [1.54, 1.807) is 18.3 Å². The van der Waals surface area contributed by atoms with E-state index in [4.69, 9.17) is 4.74 Å². The summed E-state index contributed by atoms with van der Waals surface area (Å²) in [5.41, 5.74) is 2.05. The molecule has 8 nitrogen and oxygen atoms in total. The van der Waals surface area contributed by atoms with Gasteiger partial charge in [-0.3, -0.25) is 9.89 Å². The maximum atomic E-state index is 12.9. The quantitative estimate of drug-likeness (QED) is 0.737. The molecule has 4 rings (SSSR count). The molecule has 0 bridgehead atoms. The molecule has 1 aliphatic rings. The predicted molar refractivity (Wildman–Crippen MR) is 102 cm³/mol. The van der Waals surface area contributed by atoms with Gasteiger partial charge in [-0.25, -0.2) is 9.97 Å². The molecule has 0 spiro atoms. The van der Waals surface area contributed by atoms with Crippen LogP contribution in [0, 0.1) is 6.92 Å². The molecule has 0 radical (unpaired) electrons. The average molecular weight is 364 g/mol. The summed E-state index contributed by atoms with van der Waals surface area (Å²) in [7, 11) is 0. The van der Waals surface area contributed by atoms with Crippen molar-refractivity contribution in [2.75, 3.05) is 36.5 Å². The van der Waals surface area contributed by atoms with E-state index in [0.717, 1.165) is 24.5 Å². The smallest absolute Gasteiger partial charge is 0.259 e. The molecule has 0 aliphatic carbocycles. The van der Waals surface area contributed by atoms with Gasteiger partial charge >= 0.3 is 0 Å². The Morgan fingerprint density at radius 1 is 1.22 bits per heavy atom. The number of morpholine rings is 1. The highest BCUT2D eigenvalue weighted by atomic mass is 16.5. The molecule has 1 aliphatic heterocycles. The first-order chi connectivity index (χ1) is 13.2. The number of carbonyl (C=O) groups excluding carboxylic acids is 1. The Balaban J connectivity index is 1.56. The Kier molecular flexibility index (Phi) is 4.80. The minimum atomic E-state index is -0.201. The number of amides is 1. The second-order valence-electron chi connectivity index (χ2n) is 6.25. The molecular formula is C19H20N6O2. The van der Waals surface area contributed by atoms with Crippen LogP contribution in [0.2, 0.25) is 0 Å². The lowest BCUT2D eigenvalue weighted by molar-refractivity contribution is 0.102. The Labute approximate surface area is 156 Å². The Morgan fingerprint density at radius 3 is 2.85 bits per heavy atom. The number of aromatic nitrogens is 4. The Morgan fingerprint density at radius 2 is 2.07 bits per heavy atom. The maximum Gasteiger partial charge on any atom is 0.259 e. The molecule has 0 saturated carbocycles. The van der Waals surface area contributed by atoms with Crippen LogP contribution in [0.1, 0.15) is 16.2 Å². The number of hydrogen-bond donors (Lipinski definition) is 2. The standard InChI is InChI=1S/C19H20N6O2/c1-13-21-17(24-23-13)14-4-2-5-15(12-14)22-19(26)16-6-3-7-20-18(16)25-8-10-27-11-9-25/h2-7,12H,8-11H2,1H3,(H,22,26)(H,21,23,24). The van der Waals surface area contributed by atoms with E-state index in [9.17, 15) is 4.79 Å². The van der Waals surface area contributed by atoms with Gasteiger partial charge in [0.1, 0.15) is 11.6 Å². The summed E-state index contributed by atoms with van der Waals surface area (Å²) < 4.78 is 5.39. The highest BCUT2D eigenvalue weighted by Crippen LogP contribution is 2.22. The van der Waals surface area contributed by atoms with Crippen molar-refractivity contribution < 1.29 is 9.53 Å². The SMILES string of the molecule is Cc1nc(-c2cccc(NC(=O)c3cccnc3N3CCOCC3)c2)n[nH]1. The molecule has 0 unspecified atom stereocenters. The second kappa shape index (κ2) is 7.55. The first-order valence-corrected chi connectivity index (χ1v) is 8.79. The van der Waals surface area contributed by atoms with Gasteiger partial charge in [0.2, 0.25) is 0 Å². The summed E-state index contributed by atoms with van der Waals surface area (Å²) in [6.45, 7) is 4.55. The number of nitrogens with one attached hydrogen (secondary N) is 2. The van der Waals surface area contributed by atoms with Crippen molar-refractivity contribution in [1.29, 1.82) is 0 Å². The van der Waals surface area contributed by atoms with Crippen LogP contribution in [0.3, 0.4) is 0 Å². The molecule has 1 fully saturated rings. The number of pyridine rings is 1. The maximum absolute atomic E-state index is 12.9. The van der Waals surface area contributed by atoms with Crippen LogP contribution in [-0.2, 0) is 4.74 Å². The average Bonchev–Trinajstić information content (AvgIpc) is 3.15. The number of nitrogens with zero attached hydrogens (tertiary/aromatic N) is 4. The van der Waals surface area contributed by atoms with Crippen LogP contribution in [0.4, 0.5) is 11.5 Å². The van der Waals surface area contributed by atoms with Crippen molar-refractivity contribution in [2.24, 2.45) is 0 Å². The topological polar surface area (TPSA) is 96.0 Å². The minimum Gasteiger partial charge on any atom is -0.378 e. The Hall–Kier alpha value is -3.26. The molecule has 0 atom stereocenters. The van der Waals surface area contributed by atoms with E-state index in [-0.39, 0.29) is 5.91 Å². The van der Waals surface area contributed by atoms with Crippen LogP contribution >= 0.6 is 0 Å². The fourth-order valence-electron chi connectivity index (χ4n) is 3.01. The number of carbonyl (C=O) groups is 1. The van der Waals surface area contributed by atoms with Crippen LogP contribution in [0.15, 0.2) is 42.6 Å². The third-order valence-corrected chi connectivity index (χ3v) is 4.32. The molecule has 2 aromatic heterocycles. The number of aromatic amines is 1. The summed E-state index contributed by atoms with van der Waals surface area (Å²) in [6.07, 6.45) is 1.70. The van der Waals surface area contributed by atoms with Crippen LogP contribution in [0.5, 0.6) is 0 Å². The number of hydrogen-bond acceptors (Lipinski definition) is 6. The number of H-pyrrole nitrogens is 1. The van der Waals surface area contributed by atoms with Gasteiger partial charge in [-0.1, -0.05) is 12.1 Å².